The van der Waals surface area contributed by atoms with Crippen molar-refractivity contribution in [3.8, 4) is 0 Å². The minimum Gasteiger partial charge on any atom is -0.349 e. The fraction of sp³-hybridized carbons (Fsp3) is 0.200. The predicted octanol–water partition coefficient (Wildman–Crippen LogP) is 1.67. The number of rotatable bonds is 5. The molecule has 2 aromatic carbocycles. The highest BCUT2D eigenvalue weighted by molar-refractivity contribution is 5.90. The van der Waals surface area contributed by atoms with Gasteiger partial charge in [-0.1, -0.05) is 24.3 Å². The Morgan fingerprint density at radius 1 is 1.07 bits per heavy atom. The van der Waals surface area contributed by atoms with Crippen LogP contribution in [-0.4, -0.2) is 40.4 Å². The Hall–Kier alpha value is -3.48. The number of nitrogens with one attached hydrogen (secondary N) is 1. The number of likely N-dealkylation sites (N-methyl/N-ethyl adjacent to an activating group) is 1. The highest BCUT2D eigenvalue weighted by Gasteiger charge is 2.09. The fourth-order valence-electron chi connectivity index (χ4n) is 2.61. The number of fused-ring (bicyclic) bond motifs is 1. The van der Waals surface area contributed by atoms with E-state index in [2.05, 4.69) is 10.3 Å². The summed E-state index contributed by atoms with van der Waals surface area (Å²) in [5.74, 6) is -0.318. The normalized spacial score (nSPS) is 10.6. The molecule has 27 heavy (non-hydrogen) atoms. The SMILES string of the molecule is CN(C)C(=O)Cc1ccc(NC(=O)Cn2cnc3ccccc3c2=O)cc1. The number of hydrogen-bond donors (Lipinski definition) is 1. The van der Waals surface area contributed by atoms with Crippen molar-refractivity contribution >= 4 is 28.4 Å². The molecule has 3 aromatic rings. The second-order valence-corrected chi connectivity index (χ2v) is 6.40. The lowest BCUT2D eigenvalue weighted by Crippen LogP contribution is -2.27. The highest BCUT2D eigenvalue weighted by Crippen LogP contribution is 2.11. The lowest BCUT2D eigenvalue weighted by Gasteiger charge is -2.11. The van der Waals surface area contributed by atoms with Gasteiger partial charge in [0.25, 0.3) is 5.56 Å². The highest BCUT2D eigenvalue weighted by atomic mass is 16.2. The standard InChI is InChI=1S/C20H20N4O3/c1-23(2)19(26)11-14-7-9-15(10-8-14)22-18(25)12-24-13-21-17-6-4-3-5-16(17)20(24)27/h3-10,13H,11-12H2,1-2H3,(H,22,25). The number of anilines is 1. The number of benzene rings is 2. The van der Waals surface area contributed by atoms with Crippen molar-refractivity contribution in [1.29, 1.82) is 0 Å². The van der Waals surface area contributed by atoms with Crippen LogP contribution in [0.25, 0.3) is 10.9 Å². The van der Waals surface area contributed by atoms with Crippen molar-refractivity contribution in [3.05, 3.63) is 70.8 Å². The third-order valence-electron chi connectivity index (χ3n) is 4.14. The van der Waals surface area contributed by atoms with Crippen molar-refractivity contribution < 1.29 is 9.59 Å². The molecule has 0 radical (unpaired) electrons. The maximum Gasteiger partial charge on any atom is 0.261 e. The fourth-order valence-corrected chi connectivity index (χ4v) is 2.61. The van der Waals surface area contributed by atoms with Crippen molar-refractivity contribution in [2.24, 2.45) is 0 Å². The zero-order chi connectivity index (χ0) is 19.4. The van der Waals surface area contributed by atoms with E-state index in [1.54, 1.807) is 56.6 Å². The van der Waals surface area contributed by atoms with Crippen molar-refractivity contribution in [2.75, 3.05) is 19.4 Å². The van der Waals surface area contributed by atoms with Crippen LogP contribution >= 0.6 is 0 Å². The first kappa shape index (κ1) is 18.3. The average molecular weight is 364 g/mol. The molecule has 3 rings (SSSR count). The molecule has 1 heterocycles. The molecule has 138 valence electrons. The van der Waals surface area contributed by atoms with E-state index in [9.17, 15) is 14.4 Å². The molecule has 7 nitrogen and oxygen atoms in total. The van der Waals surface area contributed by atoms with Crippen LogP contribution in [0.1, 0.15) is 5.56 Å². The summed E-state index contributed by atoms with van der Waals surface area (Å²) in [4.78, 5) is 42.1. The van der Waals surface area contributed by atoms with Gasteiger partial charge in [0.05, 0.1) is 23.7 Å². The summed E-state index contributed by atoms with van der Waals surface area (Å²) in [5.41, 5.74) is 1.81. The minimum atomic E-state index is -0.328. The molecule has 0 unspecified atom stereocenters. The molecule has 0 aliphatic heterocycles. The molecule has 0 saturated heterocycles. The minimum absolute atomic E-state index is 0.00923. The molecule has 1 aromatic heterocycles. The topological polar surface area (TPSA) is 84.3 Å². The molecule has 0 atom stereocenters. The summed E-state index contributed by atoms with van der Waals surface area (Å²) in [5, 5.41) is 3.22. The second kappa shape index (κ2) is 7.82. The van der Waals surface area contributed by atoms with E-state index in [0.717, 1.165) is 5.56 Å². The maximum atomic E-state index is 12.4. The summed E-state index contributed by atoms with van der Waals surface area (Å²) in [7, 11) is 3.42. The van der Waals surface area contributed by atoms with Gasteiger partial charge in [-0.05, 0) is 29.8 Å². The Labute approximate surface area is 156 Å². The molecule has 0 aliphatic rings. The van der Waals surface area contributed by atoms with Gasteiger partial charge in [-0.2, -0.15) is 0 Å². The second-order valence-electron chi connectivity index (χ2n) is 6.40. The Bertz CT molecular complexity index is 1040. The smallest absolute Gasteiger partial charge is 0.261 e. The molecule has 7 heteroatoms. The number of para-hydroxylation sites is 1. The number of carbonyl (C=O) groups is 2. The number of carbonyl (C=O) groups excluding carboxylic acids is 2. The van der Waals surface area contributed by atoms with Gasteiger partial charge in [0.1, 0.15) is 6.54 Å². The third-order valence-corrected chi connectivity index (χ3v) is 4.14. The summed E-state index contributed by atoms with van der Waals surface area (Å²) < 4.78 is 1.28. The van der Waals surface area contributed by atoms with Gasteiger partial charge in [-0.15, -0.1) is 0 Å². The number of hydrogen-bond acceptors (Lipinski definition) is 4. The van der Waals surface area contributed by atoms with E-state index in [4.69, 9.17) is 0 Å². The van der Waals surface area contributed by atoms with Crippen LogP contribution in [0.3, 0.4) is 0 Å². The van der Waals surface area contributed by atoms with Crippen molar-refractivity contribution in [1.82, 2.24) is 14.5 Å². The van der Waals surface area contributed by atoms with Crippen LogP contribution in [0.15, 0.2) is 59.7 Å². The summed E-state index contributed by atoms with van der Waals surface area (Å²) in [6, 6.07) is 14.1. The van der Waals surface area contributed by atoms with E-state index in [-0.39, 0.29) is 23.9 Å². The molecule has 0 saturated carbocycles. The molecule has 0 aliphatic carbocycles. The molecular weight excluding hydrogens is 344 g/mol. The van der Waals surface area contributed by atoms with Gasteiger partial charge in [0, 0.05) is 19.8 Å². The maximum absolute atomic E-state index is 12.4. The van der Waals surface area contributed by atoms with Crippen LogP contribution in [0.4, 0.5) is 5.69 Å². The average Bonchev–Trinajstić information content (AvgIpc) is 2.65. The summed E-state index contributed by atoms with van der Waals surface area (Å²) in [6.07, 6.45) is 1.68. The first-order chi connectivity index (χ1) is 12.9. The number of nitrogens with zero attached hydrogens (tertiary/aromatic N) is 3. The largest absolute Gasteiger partial charge is 0.349 e. The van der Waals surface area contributed by atoms with Crippen LogP contribution in [0, 0.1) is 0 Å². The first-order valence-corrected chi connectivity index (χ1v) is 8.47. The summed E-state index contributed by atoms with van der Waals surface area (Å²) in [6.45, 7) is -0.127. The van der Waals surface area contributed by atoms with Gasteiger partial charge < -0.3 is 10.2 Å². The zero-order valence-electron chi connectivity index (χ0n) is 15.2. The zero-order valence-corrected chi connectivity index (χ0v) is 15.2. The van der Waals surface area contributed by atoms with Gasteiger partial charge in [-0.25, -0.2) is 4.98 Å². The van der Waals surface area contributed by atoms with Crippen LogP contribution in [0.5, 0.6) is 0 Å². The van der Waals surface area contributed by atoms with Crippen LogP contribution < -0.4 is 10.9 Å². The van der Waals surface area contributed by atoms with Crippen LogP contribution in [-0.2, 0) is 22.6 Å². The molecule has 1 N–H and O–H groups in total. The molecule has 0 spiro atoms. The molecule has 2 amide bonds. The third kappa shape index (κ3) is 4.38. The first-order valence-electron chi connectivity index (χ1n) is 8.47. The lowest BCUT2D eigenvalue weighted by atomic mass is 10.1. The lowest BCUT2D eigenvalue weighted by molar-refractivity contribution is -0.128. The van der Waals surface area contributed by atoms with Crippen molar-refractivity contribution in [3.63, 3.8) is 0 Å². The molecular formula is C20H20N4O3. The monoisotopic (exact) mass is 364 g/mol. The molecule has 0 fully saturated rings. The van der Waals surface area contributed by atoms with Gasteiger partial charge in [0.15, 0.2) is 0 Å². The summed E-state index contributed by atoms with van der Waals surface area (Å²) >= 11 is 0. The molecule has 0 bridgehead atoms. The van der Waals surface area contributed by atoms with E-state index < -0.39 is 0 Å². The van der Waals surface area contributed by atoms with Gasteiger partial charge in [0.2, 0.25) is 11.8 Å². The van der Waals surface area contributed by atoms with E-state index >= 15 is 0 Å². The van der Waals surface area contributed by atoms with Crippen molar-refractivity contribution in [2.45, 2.75) is 13.0 Å². The van der Waals surface area contributed by atoms with Crippen LogP contribution in [0.2, 0.25) is 0 Å². The Morgan fingerprint density at radius 2 is 1.78 bits per heavy atom. The van der Waals surface area contributed by atoms with Gasteiger partial charge in [-0.3, -0.25) is 19.0 Å². The van der Waals surface area contributed by atoms with E-state index in [0.29, 0.717) is 23.0 Å². The van der Waals surface area contributed by atoms with Gasteiger partial charge >= 0.3 is 0 Å². The predicted molar refractivity (Wildman–Crippen MR) is 103 cm³/mol. The Balaban J connectivity index is 1.67. The quantitative estimate of drug-likeness (QED) is 0.746. The van der Waals surface area contributed by atoms with E-state index in [1.807, 2.05) is 6.07 Å². The number of amides is 2. The number of aromatic nitrogens is 2. The van der Waals surface area contributed by atoms with E-state index in [1.165, 1.54) is 15.8 Å². The Kier molecular flexibility index (Phi) is 5.30. The Morgan fingerprint density at radius 3 is 2.48 bits per heavy atom.